The number of nitrogens with zero attached hydrogens (tertiary/aromatic N) is 4. The van der Waals surface area contributed by atoms with E-state index in [-0.39, 0.29) is 0 Å². The van der Waals surface area contributed by atoms with E-state index in [1.807, 2.05) is 44.3 Å². The van der Waals surface area contributed by atoms with Gasteiger partial charge in [0.15, 0.2) is 11.5 Å². The third-order valence-corrected chi connectivity index (χ3v) is 4.11. The molecule has 134 valence electrons. The molecule has 0 N–H and O–H groups in total. The van der Waals surface area contributed by atoms with E-state index in [2.05, 4.69) is 34.3 Å². The van der Waals surface area contributed by atoms with Crippen LogP contribution in [0.25, 0.3) is 0 Å². The summed E-state index contributed by atoms with van der Waals surface area (Å²) in [6.07, 6.45) is 1.50. The first-order chi connectivity index (χ1) is 12.6. The monoisotopic (exact) mass is 350 g/mol. The predicted octanol–water partition coefficient (Wildman–Crippen LogP) is 3.41. The predicted molar refractivity (Wildman–Crippen MR) is 100 cm³/mol. The SMILES string of the molecule is CO/N=C(/c1ccccc1COc1cc(C)ccc1C)c1ncnn1C. The van der Waals surface area contributed by atoms with Crippen LogP contribution in [0, 0.1) is 13.8 Å². The second kappa shape index (κ2) is 7.82. The zero-order chi connectivity index (χ0) is 18.5. The van der Waals surface area contributed by atoms with Crippen LogP contribution in [0.1, 0.15) is 28.1 Å². The quantitative estimate of drug-likeness (QED) is 0.505. The molecule has 0 radical (unpaired) electrons. The fraction of sp³-hybridized carbons (Fsp3) is 0.250. The molecule has 0 bridgehead atoms. The van der Waals surface area contributed by atoms with Crippen molar-refractivity contribution in [2.75, 3.05) is 7.11 Å². The molecule has 0 unspecified atom stereocenters. The number of hydrogen-bond donors (Lipinski definition) is 0. The molecule has 2 aromatic carbocycles. The van der Waals surface area contributed by atoms with E-state index in [4.69, 9.17) is 9.57 Å². The molecule has 0 aliphatic heterocycles. The molecule has 0 fully saturated rings. The van der Waals surface area contributed by atoms with Gasteiger partial charge in [0.05, 0.1) is 0 Å². The third kappa shape index (κ3) is 3.74. The molecule has 1 aromatic heterocycles. The highest BCUT2D eigenvalue weighted by atomic mass is 16.6. The molecule has 0 saturated carbocycles. The Balaban J connectivity index is 1.94. The van der Waals surface area contributed by atoms with E-state index in [0.717, 1.165) is 22.4 Å². The summed E-state index contributed by atoms with van der Waals surface area (Å²) >= 11 is 0. The van der Waals surface area contributed by atoms with E-state index in [1.54, 1.807) is 4.68 Å². The number of oxime groups is 1. The standard InChI is InChI=1S/C20H22N4O2/c1-14-9-10-15(2)18(11-14)26-12-16-7-5-6-8-17(16)19(23-25-4)20-21-13-22-24(20)3/h5-11,13H,12H2,1-4H3/b23-19-. The van der Waals surface area contributed by atoms with Gasteiger partial charge in [-0.25, -0.2) is 9.67 Å². The van der Waals surface area contributed by atoms with Crippen LogP contribution in [0.15, 0.2) is 53.9 Å². The Morgan fingerprint density at radius 2 is 1.96 bits per heavy atom. The van der Waals surface area contributed by atoms with Gasteiger partial charge in [-0.15, -0.1) is 0 Å². The van der Waals surface area contributed by atoms with Crippen molar-refractivity contribution in [1.29, 1.82) is 0 Å². The van der Waals surface area contributed by atoms with Crippen molar-refractivity contribution in [2.24, 2.45) is 12.2 Å². The molecule has 0 saturated heterocycles. The molecule has 0 spiro atoms. The van der Waals surface area contributed by atoms with Crippen LogP contribution in [0.4, 0.5) is 0 Å². The van der Waals surface area contributed by atoms with Crippen molar-refractivity contribution in [3.05, 3.63) is 76.9 Å². The van der Waals surface area contributed by atoms with Crippen LogP contribution >= 0.6 is 0 Å². The van der Waals surface area contributed by atoms with Crippen molar-refractivity contribution in [3.63, 3.8) is 0 Å². The van der Waals surface area contributed by atoms with Gasteiger partial charge in [0.2, 0.25) is 0 Å². The Bertz CT molecular complexity index is 931. The van der Waals surface area contributed by atoms with Crippen LogP contribution in [-0.4, -0.2) is 27.6 Å². The van der Waals surface area contributed by atoms with Crippen LogP contribution in [-0.2, 0) is 18.5 Å². The number of aryl methyl sites for hydroxylation is 3. The summed E-state index contributed by atoms with van der Waals surface area (Å²) in [6, 6.07) is 14.1. The summed E-state index contributed by atoms with van der Waals surface area (Å²) in [4.78, 5) is 9.35. The van der Waals surface area contributed by atoms with Crippen molar-refractivity contribution in [1.82, 2.24) is 14.8 Å². The first-order valence-electron chi connectivity index (χ1n) is 8.34. The molecule has 3 rings (SSSR count). The van der Waals surface area contributed by atoms with Gasteiger partial charge in [0, 0.05) is 12.6 Å². The lowest BCUT2D eigenvalue weighted by molar-refractivity contribution is 0.213. The lowest BCUT2D eigenvalue weighted by Crippen LogP contribution is -2.14. The van der Waals surface area contributed by atoms with E-state index >= 15 is 0 Å². The van der Waals surface area contributed by atoms with Gasteiger partial charge in [-0.3, -0.25) is 0 Å². The lowest BCUT2D eigenvalue weighted by Gasteiger charge is -2.14. The summed E-state index contributed by atoms with van der Waals surface area (Å²) in [5.41, 5.74) is 4.78. The summed E-state index contributed by atoms with van der Waals surface area (Å²) in [5, 5.41) is 8.31. The van der Waals surface area contributed by atoms with Crippen molar-refractivity contribution >= 4 is 5.71 Å². The number of ether oxygens (including phenoxy) is 1. The fourth-order valence-electron chi connectivity index (χ4n) is 2.71. The van der Waals surface area contributed by atoms with Gasteiger partial charge >= 0.3 is 0 Å². The normalized spacial score (nSPS) is 11.5. The zero-order valence-corrected chi connectivity index (χ0v) is 15.4. The highest BCUT2D eigenvalue weighted by molar-refractivity contribution is 6.11. The molecule has 6 heteroatoms. The third-order valence-electron chi connectivity index (χ3n) is 4.11. The topological polar surface area (TPSA) is 61.5 Å². The number of hydrogen-bond acceptors (Lipinski definition) is 5. The van der Waals surface area contributed by atoms with Gasteiger partial charge in [-0.1, -0.05) is 41.6 Å². The fourth-order valence-corrected chi connectivity index (χ4v) is 2.71. The first kappa shape index (κ1) is 17.7. The molecule has 26 heavy (non-hydrogen) atoms. The number of aromatic nitrogens is 3. The molecule has 1 heterocycles. The Labute approximate surface area is 153 Å². The Hall–Kier alpha value is -3.15. The average molecular weight is 350 g/mol. The van der Waals surface area contributed by atoms with Crippen LogP contribution in [0.2, 0.25) is 0 Å². The van der Waals surface area contributed by atoms with Crippen LogP contribution in [0.3, 0.4) is 0 Å². The largest absolute Gasteiger partial charge is 0.489 e. The molecule has 0 atom stereocenters. The van der Waals surface area contributed by atoms with Gasteiger partial charge in [-0.2, -0.15) is 5.10 Å². The molecule has 0 aliphatic rings. The van der Waals surface area contributed by atoms with Crippen molar-refractivity contribution in [2.45, 2.75) is 20.5 Å². The maximum atomic E-state index is 6.08. The highest BCUT2D eigenvalue weighted by Gasteiger charge is 2.17. The summed E-state index contributed by atoms with van der Waals surface area (Å²) < 4.78 is 7.75. The lowest BCUT2D eigenvalue weighted by atomic mass is 10.0. The second-order valence-corrected chi connectivity index (χ2v) is 6.04. The summed E-state index contributed by atoms with van der Waals surface area (Å²) in [7, 11) is 3.34. The molecular formula is C20H22N4O2. The van der Waals surface area contributed by atoms with E-state index in [0.29, 0.717) is 18.1 Å². The minimum Gasteiger partial charge on any atom is -0.489 e. The maximum absolute atomic E-state index is 6.08. The van der Waals surface area contributed by atoms with E-state index in [1.165, 1.54) is 19.0 Å². The van der Waals surface area contributed by atoms with Crippen LogP contribution in [0.5, 0.6) is 5.75 Å². The number of rotatable bonds is 6. The van der Waals surface area contributed by atoms with E-state index in [9.17, 15) is 0 Å². The molecule has 0 amide bonds. The Morgan fingerprint density at radius 3 is 2.69 bits per heavy atom. The smallest absolute Gasteiger partial charge is 0.180 e. The maximum Gasteiger partial charge on any atom is 0.180 e. The highest BCUT2D eigenvalue weighted by Crippen LogP contribution is 2.22. The minimum absolute atomic E-state index is 0.418. The second-order valence-electron chi connectivity index (χ2n) is 6.04. The summed E-state index contributed by atoms with van der Waals surface area (Å²) in [6.45, 7) is 4.51. The molecule has 6 nitrogen and oxygen atoms in total. The molecule has 0 aliphatic carbocycles. The molecule has 3 aromatic rings. The van der Waals surface area contributed by atoms with Crippen LogP contribution < -0.4 is 4.74 Å². The van der Waals surface area contributed by atoms with Gasteiger partial charge < -0.3 is 9.57 Å². The Kier molecular flexibility index (Phi) is 5.31. The van der Waals surface area contributed by atoms with Crippen molar-refractivity contribution in [3.8, 4) is 5.75 Å². The minimum atomic E-state index is 0.418. The first-order valence-corrected chi connectivity index (χ1v) is 8.34. The molecular weight excluding hydrogens is 328 g/mol. The summed E-state index contributed by atoms with van der Waals surface area (Å²) in [5.74, 6) is 1.51. The Morgan fingerprint density at radius 1 is 1.15 bits per heavy atom. The van der Waals surface area contributed by atoms with Gasteiger partial charge in [0.25, 0.3) is 0 Å². The van der Waals surface area contributed by atoms with Crippen molar-refractivity contribution < 1.29 is 9.57 Å². The zero-order valence-electron chi connectivity index (χ0n) is 15.4. The van der Waals surface area contributed by atoms with E-state index < -0.39 is 0 Å². The van der Waals surface area contributed by atoms with Gasteiger partial charge in [-0.05, 0) is 36.6 Å². The number of benzene rings is 2. The van der Waals surface area contributed by atoms with Gasteiger partial charge in [0.1, 0.15) is 25.8 Å². The average Bonchev–Trinajstić information content (AvgIpc) is 3.06.